The second-order valence-electron chi connectivity index (χ2n) is 12.6. The van der Waals surface area contributed by atoms with Crippen LogP contribution in [-0.2, 0) is 32.9 Å². The molecular formula is C41H67O9P. The van der Waals surface area contributed by atoms with Gasteiger partial charge in [0.25, 0.3) is 0 Å². The largest absolute Gasteiger partial charge is 0.469 e. The maximum Gasteiger partial charge on any atom is 0.469 e. The topological polar surface area (TPSA) is 136 Å². The minimum atomic E-state index is -4.79. The Kier molecular flexibility index (Phi) is 33.6. The molecule has 0 heterocycles. The first kappa shape index (κ1) is 48.2. The van der Waals surface area contributed by atoms with Crippen LogP contribution in [0.2, 0.25) is 0 Å². The van der Waals surface area contributed by atoms with E-state index in [1.807, 2.05) is 6.08 Å². The standard InChI is InChI=1S/C41H67O9P/c1-3-5-7-9-11-12-13-14-15-16-17-18-19-20-22-26-31-35-41(44)50-39(37-49-51(45,46)47)36-48-40(43)34-30-27-23-25-29-33-38(42)32-28-24-21-10-8-6-4-2/h5,7,11-12,14-15,17-18,21,24,28,32,39H,3-4,6,8-10,13,16,19-20,22-23,25-27,29-31,33-37H2,1-2H3,(H2,45,46,47)/b7-5-,12-11-,15-14-,18-17-,24-21-,32-28+/t39-/m1/s1. The molecule has 0 fully saturated rings. The Hall–Kier alpha value is -2.84. The van der Waals surface area contributed by atoms with Crippen molar-refractivity contribution < 1.29 is 42.7 Å². The molecular weight excluding hydrogens is 667 g/mol. The number of carbonyl (C=O) groups excluding carboxylic acids is 3. The number of hydrogen-bond donors (Lipinski definition) is 2. The summed E-state index contributed by atoms with van der Waals surface area (Å²) in [5.41, 5.74) is 0. The highest BCUT2D eigenvalue weighted by atomic mass is 31.2. The molecule has 0 saturated heterocycles. The van der Waals surface area contributed by atoms with E-state index in [2.05, 4.69) is 73.1 Å². The molecule has 290 valence electrons. The highest BCUT2D eigenvalue weighted by Gasteiger charge is 2.22. The van der Waals surface area contributed by atoms with E-state index in [1.54, 1.807) is 12.2 Å². The Morgan fingerprint density at radius 2 is 1.12 bits per heavy atom. The summed E-state index contributed by atoms with van der Waals surface area (Å²) >= 11 is 0. The molecule has 0 aromatic heterocycles. The van der Waals surface area contributed by atoms with Crippen LogP contribution in [0, 0.1) is 0 Å². The first-order chi connectivity index (χ1) is 24.7. The lowest BCUT2D eigenvalue weighted by atomic mass is 10.1. The molecule has 1 atom stereocenters. The predicted molar refractivity (Wildman–Crippen MR) is 207 cm³/mol. The van der Waals surface area contributed by atoms with E-state index in [-0.39, 0.29) is 25.2 Å². The van der Waals surface area contributed by atoms with Crippen molar-refractivity contribution in [3.63, 3.8) is 0 Å². The van der Waals surface area contributed by atoms with Gasteiger partial charge >= 0.3 is 19.8 Å². The van der Waals surface area contributed by atoms with Gasteiger partial charge in [-0.3, -0.25) is 18.9 Å². The lowest BCUT2D eigenvalue weighted by Crippen LogP contribution is -2.29. The average Bonchev–Trinajstić information content (AvgIpc) is 3.09. The smallest absolute Gasteiger partial charge is 0.462 e. The van der Waals surface area contributed by atoms with E-state index >= 15 is 0 Å². The zero-order valence-electron chi connectivity index (χ0n) is 31.5. The molecule has 0 radical (unpaired) electrons. The van der Waals surface area contributed by atoms with Crippen LogP contribution in [0.1, 0.15) is 149 Å². The number of phosphoric acid groups is 1. The molecule has 0 aromatic rings. The van der Waals surface area contributed by atoms with Crippen molar-refractivity contribution in [3.8, 4) is 0 Å². The molecule has 0 amide bonds. The SMILES string of the molecule is CC/C=C\C/C=C\C/C=C\C/C=C\CCCCCCC(=O)O[C@H](COC(=O)CCCCCCCC(=O)/C=C/C=C\CCCCC)COP(=O)(O)O. The second kappa shape index (κ2) is 35.6. The van der Waals surface area contributed by atoms with Crippen molar-refractivity contribution in [2.45, 2.75) is 155 Å². The number of esters is 2. The van der Waals surface area contributed by atoms with Gasteiger partial charge in [-0.15, -0.1) is 0 Å². The molecule has 0 rings (SSSR count). The predicted octanol–water partition coefficient (Wildman–Crippen LogP) is 10.7. The first-order valence-corrected chi connectivity index (χ1v) is 20.7. The number of carbonyl (C=O) groups is 3. The fraction of sp³-hybridized carbons (Fsp3) is 0.634. The molecule has 0 bridgehead atoms. The number of rotatable bonds is 34. The van der Waals surface area contributed by atoms with Gasteiger partial charge in [-0.1, -0.05) is 126 Å². The fourth-order valence-electron chi connectivity index (χ4n) is 4.81. The highest BCUT2D eigenvalue weighted by Crippen LogP contribution is 2.36. The summed E-state index contributed by atoms with van der Waals surface area (Å²) in [6.07, 6.45) is 41.5. The summed E-state index contributed by atoms with van der Waals surface area (Å²) in [7, 11) is -4.79. The third-order valence-corrected chi connectivity index (χ3v) is 8.17. The van der Waals surface area contributed by atoms with Crippen molar-refractivity contribution in [1.29, 1.82) is 0 Å². The lowest BCUT2D eigenvalue weighted by molar-refractivity contribution is -0.161. The van der Waals surface area contributed by atoms with E-state index in [4.69, 9.17) is 19.3 Å². The highest BCUT2D eigenvalue weighted by molar-refractivity contribution is 7.46. The van der Waals surface area contributed by atoms with Crippen molar-refractivity contribution in [2.75, 3.05) is 13.2 Å². The summed E-state index contributed by atoms with van der Waals surface area (Å²) in [5, 5.41) is 0. The Balaban J connectivity index is 4.12. The van der Waals surface area contributed by atoms with Crippen LogP contribution in [0.3, 0.4) is 0 Å². The number of allylic oxidation sites excluding steroid dienone is 12. The van der Waals surface area contributed by atoms with Gasteiger partial charge in [0.2, 0.25) is 0 Å². The third kappa shape index (κ3) is 38.2. The zero-order valence-corrected chi connectivity index (χ0v) is 32.4. The molecule has 2 N–H and O–H groups in total. The monoisotopic (exact) mass is 734 g/mol. The zero-order chi connectivity index (χ0) is 37.7. The molecule has 10 heteroatoms. The summed E-state index contributed by atoms with van der Waals surface area (Å²) in [6.45, 7) is 3.38. The van der Waals surface area contributed by atoms with Gasteiger partial charge in [0.15, 0.2) is 11.9 Å². The molecule has 0 aliphatic heterocycles. The maximum atomic E-state index is 12.4. The normalized spacial score (nSPS) is 13.2. The fourth-order valence-corrected chi connectivity index (χ4v) is 5.17. The summed E-state index contributed by atoms with van der Waals surface area (Å²) in [6, 6.07) is 0. The van der Waals surface area contributed by atoms with E-state index < -0.39 is 32.5 Å². The molecule has 51 heavy (non-hydrogen) atoms. The van der Waals surface area contributed by atoms with Gasteiger partial charge in [0, 0.05) is 19.3 Å². The summed E-state index contributed by atoms with van der Waals surface area (Å²) < 4.78 is 26.2. The average molecular weight is 735 g/mol. The van der Waals surface area contributed by atoms with Crippen LogP contribution in [-0.4, -0.2) is 46.8 Å². The quantitative estimate of drug-likeness (QED) is 0.0165. The molecule has 0 aromatic carbocycles. The third-order valence-electron chi connectivity index (χ3n) is 7.69. The number of hydrogen-bond acceptors (Lipinski definition) is 7. The Morgan fingerprint density at radius 1 is 0.588 bits per heavy atom. The molecule has 9 nitrogen and oxygen atoms in total. The first-order valence-electron chi connectivity index (χ1n) is 19.2. The van der Waals surface area contributed by atoms with Crippen molar-refractivity contribution in [3.05, 3.63) is 72.9 Å². The Bertz CT molecular complexity index is 1110. The van der Waals surface area contributed by atoms with Crippen LogP contribution in [0.15, 0.2) is 72.9 Å². The van der Waals surface area contributed by atoms with E-state index in [1.165, 1.54) is 19.3 Å². The summed E-state index contributed by atoms with van der Waals surface area (Å²) in [5.74, 6) is -0.899. The molecule has 0 aliphatic rings. The van der Waals surface area contributed by atoms with Gasteiger partial charge < -0.3 is 19.3 Å². The number of phosphoric ester groups is 1. The molecule has 0 spiro atoms. The van der Waals surface area contributed by atoms with Crippen LogP contribution < -0.4 is 0 Å². The number of ether oxygens (including phenoxy) is 2. The van der Waals surface area contributed by atoms with Crippen molar-refractivity contribution >= 4 is 25.5 Å². The minimum absolute atomic E-state index is 0.114. The number of ketones is 1. The van der Waals surface area contributed by atoms with E-state index in [0.29, 0.717) is 19.3 Å². The second-order valence-corrected chi connectivity index (χ2v) is 13.8. The number of unbranched alkanes of at least 4 members (excludes halogenated alkanes) is 11. The molecule has 0 aliphatic carbocycles. The molecule has 0 saturated carbocycles. The van der Waals surface area contributed by atoms with E-state index in [9.17, 15) is 18.9 Å². The van der Waals surface area contributed by atoms with Crippen LogP contribution in [0.5, 0.6) is 0 Å². The van der Waals surface area contributed by atoms with Crippen molar-refractivity contribution in [1.82, 2.24) is 0 Å². The Labute approximate surface area is 308 Å². The van der Waals surface area contributed by atoms with Gasteiger partial charge in [0.05, 0.1) is 6.61 Å². The van der Waals surface area contributed by atoms with Crippen LogP contribution in [0.4, 0.5) is 0 Å². The maximum absolute atomic E-state index is 12.4. The van der Waals surface area contributed by atoms with Crippen LogP contribution in [0.25, 0.3) is 0 Å². The van der Waals surface area contributed by atoms with Gasteiger partial charge in [-0.05, 0) is 76.7 Å². The van der Waals surface area contributed by atoms with Gasteiger partial charge in [-0.2, -0.15) is 0 Å². The lowest BCUT2D eigenvalue weighted by Gasteiger charge is -2.18. The summed E-state index contributed by atoms with van der Waals surface area (Å²) in [4.78, 5) is 54.7. The molecule has 0 unspecified atom stereocenters. The van der Waals surface area contributed by atoms with E-state index in [0.717, 1.165) is 83.5 Å². The Morgan fingerprint density at radius 3 is 1.75 bits per heavy atom. The van der Waals surface area contributed by atoms with Gasteiger partial charge in [0.1, 0.15) is 6.61 Å². The van der Waals surface area contributed by atoms with Crippen LogP contribution >= 0.6 is 7.82 Å². The van der Waals surface area contributed by atoms with Gasteiger partial charge in [-0.25, -0.2) is 4.57 Å². The minimum Gasteiger partial charge on any atom is -0.462 e. The van der Waals surface area contributed by atoms with Crippen molar-refractivity contribution in [2.24, 2.45) is 0 Å².